The molecule has 2 rings (SSSR count). The summed E-state index contributed by atoms with van der Waals surface area (Å²) < 4.78 is 44.3. The fraction of sp³-hybridized carbons (Fsp3) is 0.133. The van der Waals surface area contributed by atoms with Gasteiger partial charge in [-0.1, -0.05) is 0 Å². The van der Waals surface area contributed by atoms with E-state index in [1.165, 1.54) is 19.1 Å². The second-order valence-corrected chi connectivity index (χ2v) is 4.21. The second-order valence-electron chi connectivity index (χ2n) is 4.21. The van der Waals surface area contributed by atoms with E-state index in [9.17, 15) is 18.0 Å². The molecule has 20 heavy (non-hydrogen) atoms. The summed E-state index contributed by atoms with van der Waals surface area (Å²) in [6, 6.07) is 7.63. The fourth-order valence-electron chi connectivity index (χ4n) is 1.66. The number of hydrogen-bond donors (Lipinski definition) is 0. The lowest BCUT2D eigenvalue weighted by molar-refractivity contribution is 0.0811. The van der Waals surface area contributed by atoms with Gasteiger partial charge in [-0.3, -0.25) is 4.79 Å². The lowest BCUT2D eigenvalue weighted by Gasteiger charge is -2.14. The van der Waals surface area contributed by atoms with Crippen molar-refractivity contribution >= 4 is 5.78 Å². The number of halogens is 3. The van der Waals surface area contributed by atoms with Crippen LogP contribution in [0, 0.1) is 17.5 Å². The zero-order valence-electron chi connectivity index (χ0n) is 10.6. The van der Waals surface area contributed by atoms with Crippen LogP contribution >= 0.6 is 0 Å². The molecule has 2 nitrogen and oxygen atoms in total. The van der Waals surface area contributed by atoms with Gasteiger partial charge in [0.1, 0.15) is 11.6 Å². The van der Waals surface area contributed by atoms with Gasteiger partial charge >= 0.3 is 0 Å². The van der Waals surface area contributed by atoms with Crippen LogP contribution < -0.4 is 4.74 Å². The molecule has 0 aromatic heterocycles. The first-order chi connectivity index (χ1) is 9.47. The molecule has 1 unspecified atom stereocenters. The van der Waals surface area contributed by atoms with Gasteiger partial charge in [-0.05, 0) is 43.3 Å². The second kappa shape index (κ2) is 5.77. The van der Waals surface area contributed by atoms with Gasteiger partial charge in [-0.25, -0.2) is 13.2 Å². The third-order valence-corrected chi connectivity index (χ3v) is 2.69. The van der Waals surface area contributed by atoms with Gasteiger partial charge < -0.3 is 4.74 Å². The fourth-order valence-corrected chi connectivity index (χ4v) is 1.66. The Labute approximate surface area is 113 Å². The third-order valence-electron chi connectivity index (χ3n) is 2.69. The van der Waals surface area contributed by atoms with Crippen molar-refractivity contribution in [1.82, 2.24) is 0 Å². The van der Waals surface area contributed by atoms with Crippen LogP contribution in [0.2, 0.25) is 0 Å². The average molecular weight is 280 g/mol. The predicted molar refractivity (Wildman–Crippen MR) is 67.2 cm³/mol. The molecule has 5 heteroatoms. The number of ether oxygens (including phenoxy) is 1. The number of ketones is 1. The number of Topliss-reactive ketones (excluding diaryl/α,β-unsaturated/α-hetero) is 1. The highest BCUT2D eigenvalue weighted by Gasteiger charge is 2.18. The van der Waals surface area contributed by atoms with E-state index < -0.39 is 29.3 Å². The van der Waals surface area contributed by atoms with E-state index in [4.69, 9.17) is 4.74 Å². The van der Waals surface area contributed by atoms with E-state index in [1.807, 2.05) is 0 Å². The number of hydrogen-bond acceptors (Lipinski definition) is 2. The molecule has 104 valence electrons. The number of carbonyl (C=O) groups is 1. The largest absolute Gasteiger partial charge is 0.479 e. The molecule has 2 aromatic carbocycles. The van der Waals surface area contributed by atoms with Gasteiger partial charge in [-0.15, -0.1) is 0 Å². The molecule has 0 aliphatic carbocycles. The van der Waals surface area contributed by atoms with Crippen molar-refractivity contribution in [2.45, 2.75) is 13.0 Å². The van der Waals surface area contributed by atoms with Crippen molar-refractivity contribution < 1.29 is 22.7 Å². The van der Waals surface area contributed by atoms with Crippen molar-refractivity contribution in [3.05, 3.63) is 65.5 Å². The van der Waals surface area contributed by atoms with E-state index in [-0.39, 0.29) is 11.3 Å². The Morgan fingerprint density at radius 2 is 1.60 bits per heavy atom. The molecule has 0 heterocycles. The minimum atomic E-state index is -1.02. The Kier molecular flexibility index (Phi) is 4.08. The van der Waals surface area contributed by atoms with Crippen LogP contribution in [0.5, 0.6) is 5.75 Å². The summed E-state index contributed by atoms with van der Waals surface area (Å²) in [4.78, 5) is 12.0. The van der Waals surface area contributed by atoms with Crippen molar-refractivity contribution in [1.29, 1.82) is 0 Å². The molecule has 0 N–H and O–H groups in total. The maximum atomic E-state index is 13.4. The molecule has 0 saturated heterocycles. The van der Waals surface area contributed by atoms with Gasteiger partial charge in [0.15, 0.2) is 17.7 Å². The van der Waals surface area contributed by atoms with Crippen LogP contribution in [-0.4, -0.2) is 11.9 Å². The average Bonchev–Trinajstić information content (AvgIpc) is 2.43. The van der Waals surface area contributed by atoms with Crippen molar-refractivity contribution in [2.75, 3.05) is 0 Å². The van der Waals surface area contributed by atoms with E-state index in [0.29, 0.717) is 0 Å². The van der Waals surface area contributed by atoms with Crippen LogP contribution in [0.3, 0.4) is 0 Å². The lowest BCUT2D eigenvalue weighted by Crippen LogP contribution is -2.24. The van der Waals surface area contributed by atoms with Crippen molar-refractivity contribution in [3.8, 4) is 5.75 Å². The zero-order valence-corrected chi connectivity index (χ0v) is 10.6. The molecule has 0 bridgehead atoms. The van der Waals surface area contributed by atoms with Crippen molar-refractivity contribution in [3.63, 3.8) is 0 Å². The van der Waals surface area contributed by atoms with Crippen LogP contribution in [-0.2, 0) is 0 Å². The first kappa shape index (κ1) is 14.1. The zero-order chi connectivity index (χ0) is 14.7. The van der Waals surface area contributed by atoms with Gasteiger partial charge in [0.2, 0.25) is 5.78 Å². The van der Waals surface area contributed by atoms with Gasteiger partial charge in [0, 0.05) is 11.6 Å². The monoisotopic (exact) mass is 280 g/mol. The van der Waals surface area contributed by atoms with E-state index in [1.54, 1.807) is 0 Å². The first-order valence-electron chi connectivity index (χ1n) is 5.89. The van der Waals surface area contributed by atoms with E-state index >= 15 is 0 Å². The van der Waals surface area contributed by atoms with Crippen LogP contribution in [0.4, 0.5) is 13.2 Å². The quantitative estimate of drug-likeness (QED) is 0.797. The molecule has 1 atom stereocenters. The molecular weight excluding hydrogens is 269 g/mol. The van der Waals surface area contributed by atoms with Crippen molar-refractivity contribution in [2.24, 2.45) is 0 Å². The summed E-state index contributed by atoms with van der Waals surface area (Å²) in [7, 11) is 0. The Hall–Kier alpha value is -2.30. The Bertz CT molecular complexity index is 624. The maximum Gasteiger partial charge on any atom is 0.202 e. The predicted octanol–water partition coefficient (Wildman–Crippen LogP) is 3.75. The molecule has 0 saturated carbocycles. The standard InChI is InChI=1S/C15H11F3O2/c1-9(15(19)10-2-4-11(16)5-3-10)20-14-8-12(17)6-7-13(14)18/h2-9H,1H3. The van der Waals surface area contributed by atoms with Gasteiger partial charge in [0.25, 0.3) is 0 Å². The number of benzene rings is 2. The first-order valence-corrected chi connectivity index (χ1v) is 5.89. The highest BCUT2D eigenvalue weighted by molar-refractivity contribution is 5.99. The Morgan fingerprint density at radius 3 is 2.25 bits per heavy atom. The Morgan fingerprint density at radius 1 is 1.00 bits per heavy atom. The molecule has 0 spiro atoms. The van der Waals surface area contributed by atoms with Gasteiger partial charge in [0.05, 0.1) is 0 Å². The molecule has 0 aliphatic rings. The highest BCUT2D eigenvalue weighted by atomic mass is 19.1. The van der Waals surface area contributed by atoms with Crippen LogP contribution in [0.25, 0.3) is 0 Å². The van der Waals surface area contributed by atoms with E-state index in [2.05, 4.69) is 0 Å². The minimum absolute atomic E-state index is 0.232. The molecule has 0 radical (unpaired) electrons. The highest BCUT2D eigenvalue weighted by Crippen LogP contribution is 2.20. The maximum absolute atomic E-state index is 13.4. The summed E-state index contributed by atoms with van der Waals surface area (Å²) in [6.07, 6.45) is -1.02. The molecule has 2 aromatic rings. The molecule has 0 amide bonds. The summed E-state index contributed by atoms with van der Waals surface area (Å²) in [5.74, 6) is -2.68. The lowest BCUT2D eigenvalue weighted by atomic mass is 10.1. The molecule has 0 fully saturated rings. The van der Waals surface area contributed by atoms with Crippen LogP contribution in [0.15, 0.2) is 42.5 Å². The topological polar surface area (TPSA) is 26.3 Å². The molecule has 0 aliphatic heterocycles. The minimum Gasteiger partial charge on any atom is -0.479 e. The Balaban J connectivity index is 2.15. The summed E-state index contributed by atoms with van der Waals surface area (Å²) in [5, 5.41) is 0. The normalized spacial score (nSPS) is 12.0. The number of carbonyl (C=O) groups excluding carboxylic acids is 1. The van der Waals surface area contributed by atoms with Crippen LogP contribution in [0.1, 0.15) is 17.3 Å². The van der Waals surface area contributed by atoms with E-state index in [0.717, 1.165) is 30.3 Å². The number of rotatable bonds is 4. The SMILES string of the molecule is CC(Oc1cc(F)ccc1F)C(=O)c1ccc(F)cc1. The molecular formula is C15H11F3O2. The summed E-state index contributed by atoms with van der Waals surface area (Å²) in [5.41, 5.74) is 0.232. The van der Waals surface area contributed by atoms with Gasteiger partial charge in [-0.2, -0.15) is 0 Å². The third kappa shape index (κ3) is 3.17. The summed E-state index contributed by atoms with van der Waals surface area (Å²) >= 11 is 0. The smallest absolute Gasteiger partial charge is 0.202 e. The summed E-state index contributed by atoms with van der Waals surface area (Å²) in [6.45, 7) is 1.41.